The molecule has 0 amide bonds. The standard InChI is InChI=1S/C15H25N3O2S/c1-3-13-8-6-5-7-11-18(13)21(19,20)14-9-10-17-15(12-14)16-4-2/h9-10,12-13H,3-8,11H2,1-2H3,(H,16,17). The minimum Gasteiger partial charge on any atom is -0.370 e. The van der Waals surface area contributed by atoms with Crippen molar-refractivity contribution in [2.45, 2.75) is 56.9 Å². The molecule has 2 heterocycles. The van der Waals surface area contributed by atoms with Gasteiger partial charge in [-0.25, -0.2) is 13.4 Å². The van der Waals surface area contributed by atoms with Crippen LogP contribution >= 0.6 is 0 Å². The second kappa shape index (κ2) is 7.22. The molecule has 0 spiro atoms. The summed E-state index contributed by atoms with van der Waals surface area (Å²) in [5.41, 5.74) is 0. The Morgan fingerprint density at radius 3 is 2.86 bits per heavy atom. The maximum Gasteiger partial charge on any atom is 0.243 e. The van der Waals surface area contributed by atoms with Crippen LogP contribution in [-0.2, 0) is 10.0 Å². The number of rotatable bonds is 5. The molecule has 2 rings (SSSR count). The number of anilines is 1. The monoisotopic (exact) mass is 311 g/mol. The molecule has 21 heavy (non-hydrogen) atoms. The Morgan fingerprint density at radius 1 is 1.33 bits per heavy atom. The van der Waals surface area contributed by atoms with Crippen LogP contribution in [0.4, 0.5) is 5.82 Å². The molecule has 1 aliphatic rings. The van der Waals surface area contributed by atoms with Crippen LogP contribution in [0, 0.1) is 0 Å². The molecule has 6 heteroatoms. The SMILES string of the molecule is CCNc1cc(S(=O)(=O)N2CCCCCC2CC)ccn1. The lowest BCUT2D eigenvalue weighted by Gasteiger charge is -2.28. The van der Waals surface area contributed by atoms with E-state index in [2.05, 4.69) is 17.2 Å². The minimum absolute atomic E-state index is 0.119. The van der Waals surface area contributed by atoms with E-state index < -0.39 is 10.0 Å². The third-order valence-electron chi connectivity index (χ3n) is 3.99. The number of hydrogen-bond acceptors (Lipinski definition) is 4. The second-order valence-electron chi connectivity index (χ2n) is 5.43. The second-order valence-corrected chi connectivity index (χ2v) is 7.32. The molecule has 1 aromatic rings. The summed E-state index contributed by atoms with van der Waals surface area (Å²) in [6.07, 6.45) is 6.56. The van der Waals surface area contributed by atoms with Gasteiger partial charge in [0.15, 0.2) is 0 Å². The summed E-state index contributed by atoms with van der Waals surface area (Å²) in [5, 5.41) is 3.07. The predicted molar refractivity (Wildman–Crippen MR) is 84.8 cm³/mol. The van der Waals surface area contributed by atoms with Gasteiger partial charge in [0.1, 0.15) is 5.82 Å². The number of nitrogens with one attached hydrogen (secondary N) is 1. The lowest BCUT2D eigenvalue weighted by molar-refractivity contribution is 0.315. The lowest BCUT2D eigenvalue weighted by atomic mass is 10.1. The van der Waals surface area contributed by atoms with Crippen LogP contribution in [0.1, 0.15) is 46.0 Å². The molecule has 0 bridgehead atoms. The van der Waals surface area contributed by atoms with E-state index in [0.717, 1.165) is 38.6 Å². The number of hydrogen-bond donors (Lipinski definition) is 1. The zero-order chi connectivity index (χ0) is 15.3. The highest BCUT2D eigenvalue weighted by atomic mass is 32.2. The Kier molecular flexibility index (Phi) is 5.58. The predicted octanol–water partition coefficient (Wildman–Crippen LogP) is 2.86. The smallest absolute Gasteiger partial charge is 0.243 e. The van der Waals surface area contributed by atoms with E-state index >= 15 is 0 Å². The zero-order valence-corrected chi connectivity index (χ0v) is 13.7. The maximum atomic E-state index is 12.9. The number of nitrogens with zero attached hydrogens (tertiary/aromatic N) is 2. The van der Waals surface area contributed by atoms with E-state index in [0.29, 0.717) is 17.3 Å². The highest BCUT2D eigenvalue weighted by Gasteiger charge is 2.31. The summed E-state index contributed by atoms with van der Waals surface area (Å²) in [4.78, 5) is 4.49. The van der Waals surface area contributed by atoms with Crippen LogP contribution in [0.25, 0.3) is 0 Å². The summed E-state index contributed by atoms with van der Waals surface area (Å²) in [6.45, 7) is 5.37. The summed E-state index contributed by atoms with van der Waals surface area (Å²) in [5.74, 6) is 0.612. The molecule has 1 N–H and O–H groups in total. The van der Waals surface area contributed by atoms with Crippen molar-refractivity contribution in [1.82, 2.24) is 9.29 Å². The first-order valence-corrected chi connectivity index (χ1v) is 9.25. The number of pyridine rings is 1. The normalized spacial score (nSPS) is 21.0. The van der Waals surface area contributed by atoms with Crippen LogP contribution in [-0.4, -0.2) is 36.8 Å². The molecular formula is C15H25N3O2S. The summed E-state index contributed by atoms with van der Waals surface area (Å²) in [7, 11) is -3.43. The first kappa shape index (κ1) is 16.2. The Labute approximate surface area is 127 Å². The molecule has 118 valence electrons. The Hall–Kier alpha value is -1.14. The van der Waals surface area contributed by atoms with E-state index in [9.17, 15) is 8.42 Å². The molecule has 0 saturated carbocycles. The molecule has 1 unspecified atom stereocenters. The Balaban J connectivity index is 2.32. The van der Waals surface area contributed by atoms with E-state index in [-0.39, 0.29) is 6.04 Å². The molecular weight excluding hydrogens is 286 g/mol. The lowest BCUT2D eigenvalue weighted by Crippen LogP contribution is -2.39. The minimum atomic E-state index is -3.43. The topological polar surface area (TPSA) is 62.3 Å². The van der Waals surface area contributed by atoms with Crippen molar-refractivity contribution in [3.05, 3.63) is 18.3 Å². The third kappa shape index (κ3) is 3.74. The largest absolute Gasteiger partial charge is 0.370 e. The van der Waals surface area contributed by atoms with Crippen molar-refractivity contribution in [2.75, 3.05) is 18.4 Å². The Morgan fingerprint density at radius 2 is 2.14 bits per heavy atom. The average molecular weight is 311 g/mol. The molecule has 0 aromatic carbocycles. The van der Waals surface area contributed by atoms with Gasteiger partial charge in [-0.05, 0) is 32.3 Å². The van der Waals surface area contributed by atoms with E-state index in [1.165, 1.54) is 0 Å². The molecule has 1 fully saturated rings. The molecule has 0 radical (unpaired) electrons. The highest BCUT2D eigenvalue weighted by Crippen LogP contribution is 2.26. The average Bonchev–Trinajstić information content (AvgIpc) is 2.73. The first-order valence-electron chi connectivity index (χ1n) is 7.81. The number of aromatic nitrogens is 1. The zero-order valence-electron chi connectivity index (χ0n) is 12.9. The molecule has 1 saturated heterocycles. The fourth-order valence-electron chi connectivity index (χ4n) is 2.86. The molecule has 1 aromatic heterocycles. The van der Waals surface area contributed by atoms with Crippen LogP contribution in [0.5, 0.6) is 0 Å². The van der Waals surface area contributed by atoms with Gasteiger partial charge < -0.3 is 5.32 Å². The van der Waals surface area contributed by atoms with Gasteiger partial charge in [-0.3, -0.25) is 0 Å². The van der Waals surface area contributed by atoms with Gasteiger partial charge >= 0.3 is 0 Å². The molecule has 0 aliphatic carbocycles. The van der Waals surface area contributed by atoms with Crippen molar-refractivity contribution in [3.63, 3.8) is 0 Å². The summed E-state index contributed by atoms with van der Waals surface area (Å²) in [6, 6.07) is 3.35. The van der Waals surface area contributed by atoms with Gasteiger partial charge in [-0.15, -0.1) is 0 Å². The molecule has 5 nitrogen and oxygen atoms in total. The van der Waals surface area contributed by atoms with E-state index in [4.69, 9.17) is 0 Å². The first-order chi connectivity index (χ1) is 10.1. The van der Waals surface area contributed by atoms with E-state index in [1.54, 1.807) is 22.6 Å². The third-order valence-corrected chi connectivity index (χ3v) is 5.94. The van der Waals surface area contributed by atoms with Crippen molar-refractivity contribution in [3.8, 4) is 0 Å². The highest BCUT2D eigenvalue weighted by molar-refractivity contribution is 7.89. The van der Waals surface area contributed by atoms with Gasteiger partial charge in [0, 0.05) is 31.4 Å². The van der Waals surface area contributed by atoms with Gasteiger partial charge in [0.05, 0.1) is 4.90 Å². The van der Waals surface area contributed by atoms with Gasteiger partial charge in [-0.1, -0.05) is 19.8 Å². The van der Waals surface area contributed by atoms with Crippen molar-refractivity contribution in [2.24, 2.45) is 0 Å². The van der Waals surface area contributed by atoms with Gasteiger partial charge in [0.25, 0.3) is 0 Å². The Bertz CT molecular complexity index is 560. The van der Waals surface area contributed by atoms with Crippen molar-refractivity contribution >= 4 is 15.8 Å². The van der Waals surface area contributed by atoms with Crippen molar-refractivity contribution < 1.29 is 8.42 Å². The van der Waals surface area contributed by atoms with Crippen LogP contribution in [0.3, 0.4) is 0 Å². The molecule has 1 aliphatic heterocycles. The van der Waals surface area contributed by atoms with Crippen LogP contribution < -0.4 is 5.32 Å². The fourth-order valence-corrected chi connectivity index (χ4v) is 4.64. The van der Waals surface area contributed by atoms with Crippen molar-refractivity contribution in [1.29, 1.82) is 0 Å². The van der Waals surface area contributed by atoms with Crippen LogP contribution in [0.15, 0.2) is 23.2 Å². The van der Waals surface area contributed by atoms with Gasteiger partial charge in [-0.2, -0.15) is 4.31 Å². The summed E-state index contributed by atoms with van der Waals surface area (Å²) < 4.78 is 27.6. The van der Waals surface area contributed by atoms with Crippen LogP contribution in [0.2, 0.25) is 0 Å². The van der Waals surface area contributed by atoms with Gasteiger partial charge in [0.2, 0.25) is 10.0 Å². The fraction of sp³-hybridized carbons (Fsp3) is 0.667. The maximum absolute atomic E-state index is 12.9. The molecule has 1 atom stereocenters. The summed E-state index contributed by atoms with van der Waals surface area (Å²) >= 11 is 0. The quantitative estimate of drug-likeness (QED) is 0.908. The number of sulfonamides is 1. The van der Waals surface area contributed by atoms with E-state index in [1.807, 2.05) is 6.92 Å².